The summed E-state index contributed by atoms with van der Waals surface area (Å²) in [6.07, 6.45) is 7.76. The first-order chi connectivity index (χ1) is 9.42. The van der Waals surface area contributed by atoms with Gasteiger partial charge in [-0.15, -0.1) is 0 Å². The molecule has 1 aliphatic carbocycles. The fraction of sp³-hybridized carbons (Fsp3) is 0.643. The molecule has 0 aromatic carbocycles. The summed E-state index contributed by atoms with van der Waals surface area (Å²) < 4.78 is 29.0. The Morgan fingerprint density at radius 3 is 2.65 bits per heavy atom. The highest BCUT2D eigenvalue weighted by atomic mass is 32.2. The topological polar surface area (TPSA) is 64.0 Å². The standard InChI is InChI=1S/C14H23N3O2S/c1-11-14(12(2)17(3)16-11)20(18,19)15-10-9-13-7-5-4-6-8-13/h7,15H,4-6,8-10H2,1-3H3. The molecular formula is C14H23N3O2S. The SMILES string of the molecule is Cc1nn(C)c(C)c1S(=O)(=O)NCCC1=CCCCC1. The lowest BCUT2D eigenvalue weighted by Crippen LogP contribution is -2.26. The van der Waals surface area contributed by atoms with E-state index in [1.165, 1.54) is 18.4 Å². The number of allylic oxidation sites excluding steroid dienone is 1. The summed E-state index contributed by atoms with van der Waals surface area (Å²) in [5, 5.41) is 4.16. The minimum absolute atomic E-state index is 0.317. The first-order valence-corrected chi connectivity index (χ1v) is 8.58. The number of rotatable bonds is 5. The van der Waals surface area contributed by atoms with Crippen LogP contribution in [0.3, 0.4) is 0 Å². The molecule has 1 aliphatic rings. The van der Waals surface area contributed by atoms with Crippen molar-refractivity contribution in [2.45, 2.75) is 50.8 Å². The zero-order valence-corrected chi connectivity index (χ0v) is 13.3. The summed E-state index contributed by atoms with van der Waals surface area (Å²) in [7, 11) is -1.70. The fourth-order valence-electron chi connectivity index (χ4n) is 2.69. The van der Waals surface area contributed by atoms with Crippen LogP contribution in [-0.4, -0.2) is 24.7 Å². The summed E-state index contributed by atoms with van der Waals surface area (Å²) in [5.74, 6) is 0. The zero-order valence-electron chi connectivity index (χ0n) is 12.4. The van der Waals surface area contributed by atoms with Crippen molar-refractivity contribution in [1.82, 2.24) is 14.5 Å². The monoisotopic (exact) mass is 297 g/mol. The Bertz CT molecular complexity index is 615. The van der Waals surface area contributed by atoms with Gasteiger partial charge < -0.3 is 0 Å². The Kier molecular flexibility index (Phi) is 4.65. The summed E-state index contributed by atoms with van der Waals surface area (Å²) in [6.45, 7) is 3.96. The van der Waals surface area contributed by atoms with Crippen molar-refractivity contribution in [3.8, 4) is 0 Å². The van der Waals surface area contributed by atoms with Crippen molar-refractivity contribution in [2.24, 2.45) is 7.05 Å². The third-order valence-electron chi connectivity index (χ3n) is 3.83. The average Bonchev–Trinajstić information content (AvgIpc) is 2.64. The van der Waals surface area contributed by atoms with E-state index >= 15 is 0 Å². The highest BCUT2D eigenvalue weighted by Gasteiger charge is 2.23. The predicted octanol–water partition coefficient (Wildman–Crippen LogP) is 2.21. The normalized spacial score (nSPS) is 16.2. The number of hydrogen-bond acceptors (Lipinski definition) is 3. The molecule has 1 aromatic rings. The predicted molar refractivity (Wildman–Crippen MR) is 79.0 cm³/mol. The van der Waals surface area contributed by atoms with E-state index in [9.17, 15) is 8.42 Å². The van der Waals surface area contributed by atoms with E-state index in [4.69, 9.17) is 0 Å². The van der Waals surface area contributed by atoms with Gasteiger partial charge >= 0.3 is 0 Å². The van der Waals surface area contributed by atoms with E-state index in [1.54, 1.807) is 25.6 Å². The molecule has 20 heavy (non-hydrogen) atoms. The molecule has 2 rings (SSSR count). The second kappa shape index (κ2) is 6.10. The number of hydrogen-bond donors (Lipinski definition) is 1. The Balaban J connectivity index is 2.02. The van der Waals surface area contributed by atoms with Crippen molar-refractivity contribution in [1.29, 1.82) is 0 Å². The quantitative estimate of drug-likeness (QED) is 0.847. The van der Waals surface area contributed by atoms with Gasteiger partial charge in [-0.05, 0) is 46.0 Å². The molecule has 0 fully saturated rings. The van der Waals surface area contributed by atoms with Gasteiger partial charge in [0.1, 0.15) is 4.90 Å². The van der Waals surface area contributed by atoms with Gasteiger partial charge in [-0.25, -0.2) is 13.1 Å². The van der Waals surface area contributed by atoms with Gasteiger partial charge in [0, 0.05) is 13.6 Å². The van der Waals surface area contributed by atoms with Crippen LogP contribution in [-0.2, 0) is 17.1 Å². The molecule has 112 valence electrons. The maximum Gasteiger partial charge on any atom is 0.244 e. The Morgan fingerprint density at radius 1 is 1.35 bits per heavy atom. The van der Waals surface area contributed by atoms with Crippen LogP contribution in [0.25, 0.3) is 0 Å². The smallest absolute Gasteiger partial charge is 0.244 e. The van der Waals surface area contributed by atoms with Crippen LogP contribution in [0.2, 0.25) is 0 Å². The van der Waals surface area contributed by atoms with Gasteiger partial charge in [-0.3, -0.25) is 4.68 Å². The molecule has 5 nitrogen and oxygen atoms in total. The highest BCUT2D eigenvalue weighted by Crippen LogP contribution is 2.21. The molecule has 1 aromatic heterocycles. The lowest BCUT2D eigenvalue weighted by Gasteiger charge is -2.13. The van der Waals surface area contributed by atoms with Crippen LogP contribution < -0.4 is 4.72 Å². The van der Waals surface area contributed by atoms with E-state index < -0.39 is 10.0 Å². The number of nitrogens with one attached hydrogen (secondary N) is 1. The Hall–Kier alpha value is -1.14. The molecule has 0 bridgehead atoms. The molecule has 1 heterocycles. The second-order valence-electron chi connectivity index (χ2n) is 5.38. The molecule has 0 amide bonds. The third kappa shape index (κ3) is 3.30. The van der Waals surface area contributed by atoms with Crippen molar-refractivity contribution < 1.29 is 8.42 Å². The van der Waals surface area contributed by atoms with Crippen molar-refractivity contribution >= 4 is 10.0 Å². The van der Waals surface area contributed by atoms with Crippen LogP contribution in [0, 0.1) is 13.8 Å². The van der Waals surface area contributed by atoms with Gasteiger partial charge in [-0.1, -0.05) is 11.6 Å². The highest BCUT2D eigenvalue weighted by molar-refractivity contribution is 7.89. The molecule has 0 unspecified atom stereocenters. The molecule has 6 heteroatoms. The van der Waals surface area contributed by atoms with Gasteiger partial charge in [-0.2, -0.15) is 5.10 Å². The molecule has 0 saturated carbocycles. The van der Waals surface area contributed by atoms with Gasteiger partial charge in [0.15, 0.2) is 0 Å². The summed E-state index contributed by atoms with van der Waals surface area (Å²) in [5.41, 5.74) is 2.60. The van der Waals surface area contributed by atoms with Crippen LogP contribution >= 0.6 is 0 Å². The molecule has 0 saturated heterocycles. The van der Waals surface area contributed by atoms with E-state index in [1.807, 2.05) is 0 Å². The number of sulfonamides is 1. The zero-order chi connectivity index (χ0) is 14.8. The van der Waals surface area contributed by atoms with Gasteiger partial charge in [0.05, 0.1) is 11.4 Å². The van der Waals surface area contributed by atoms with Crippen LogP contribution in [0.5, 0.6) is 0 Å². The lowest BCUT2D eigenvalue weighted by atomic mass is 9.97. The number of aryl methyl sites for hydroxylation is 2. The first kappa shape index (κ1) is 15.3. The summed E-state index contributed by atoms with van der Waals surface area (Å²) >= 11 is 0. The van der Waals surface area contributed by atoms with E-state index in [0.29, 0.717) is 22.8 Å². The van der Waals surface area contributed by atoms with Gasteiger partial charge in [0.25, 0.3) is 0 Å². The van der Waals surface area contributed by atoms with Crippen molar-refractivity contribution in [3.05, 3.63) is 23.0 Å². The Labute approximate surface area is 121 Å². The van der Waals surface area contributed by atoms with Crippen LogP contribution in [0.1, 0.15) is 43.5 Å². The molecular weight excluding hydrogens is 274 g/mol. The van der Waals surface area contributed by atoms with Crippen LogP contribution in [0.15, 0.2) is 16.5 Å². The maximum atomic E-state index is 12.3. The largest absolute Gasteiger partial charge is 0.271 e. The van der Waals surface area contributed by atoms with E-state index in [-0.39, 0.29) is 0 Å². The minimum atomic E-state index is -3.46. The lowest BCUT2D eigenvalue weighted by molar-refractivity contribution is 0.578. The molecule has 0 aliphatic heterocycles. The Morgan fingerprint density at radius 2 is 2.10 bits per heavy atom. The van der Waals surface area contributed by atoms with Crippen LogP contribution in [0.4, 0.5) is 0 Å². The summed E-state index contributed by atoms with van der Waals surface area (Å²) in [6, 6.07) is 0. The van der Waals surface area contributed by atoms with E-state index in [0.717, 1.165) is 19.3 Å². The minimum Gasteiger partial charge on any atom is -0.271 e. The van der Waals surface area contributed by atoms with Crippen molar-refractivity contribution in [2.75, 3.05) is 6.54 Å². The maximum absolute atomic E-state index is 12.3. The van der Waals surface area contributed by atoms with Crippen molar-refractivity contribution in [3.63, 3.8) is 0 Å². The first-order valence-electron chi connectivity index (χ1n) is 7.09. The average molecular weight is 297 g/mol. The molecule has 0 radical (unpaired) electrons. The van der Waals surface area contributed by atoms with Gasteiger partial charge in [0.2, 0.25) is 10.0 Å². The molecule has 0 atom stereocenters. The van der Waals surface area contributed by atoms with E-state index in [2.05, 4.69) is 15.9 Å². The fourth-order valence-corrected chi connectivity index (χ4v) is 4.16. The number of aromatic nitrogens is 2. The third-order valence-corrected chi connectivity index (χ3v) is 5.55. The molecule has 1 N–H and O–H groups in total. The number of nitrogens with zero attached hydrogens (tertiary/aromatic N) is 2. The molecule has 0 spiro atoms. The summed E-state index contributed by atoms with van der Waals surface area (Å²) in [4.78, 5) is 0.317. The second-order valence-corrected chi connectivity index (χ2v) is 7.08.